The van der Waals surface area contributed by atoms with Crippen molar-refractivity contribution in [1.29, 1.82) is 0 Å². The molecule has 12 nitrogen and oxygen atoms in total. The van der Waals surface area contributed by atoms with Gasteiger partial charge in [-0.15, -0.1) is 11.3 Å². The smallest absolute Gasteiger partial charge is 0.325 e. The molecule has 0 aliphatic carbocycles. The largest absolute Gasteiger partial charge is 0.493 e. The highest BCUT2D eigenvalue weighted by Gasteiger charge is 2.34. The second-order valence-corrected chi connectivity index (χ2v) is 12.3. The predicted molar refractivity (Wildman–Crippen MR) is 163 cm³/mol. The van der Waals surface area contributed by atoms with Gasteiger partial charge in [-0.3, -0.25) is 19.2 Å². The number of amides is 1. The standard InChI is InChI=1S/C30H31N3O9S2/c1-2-41-28(37)19-33(18-21-7-6-16-43-21)30(38)29(23-8-3-4-9-25(23)42-15-5-10-27(35)36)32-44(39,40)22-12-13-24-20(17-22)11-14-26(34)31-24/h3-4,6-9,11-14,16-17,29,32H,2,5,10,15,18-19H2,1H3,(H,31,34)(H,35,36)/t29-/m1/s1. The number of nitrogens with zero attached hydrogens (tertiary/aromatic N) is 1. The van der Waals surface area contributed by atoms with E-state index in [0.29, 0.717) is 10.9 Å². The number of nitrogens with one attached hydrogen (secondary N) is 2. The van der Waals surface area contributed by atoms with Crippen molar-refractivity contribution in [3.8, 4) is 5.75 Å². The summed E-state index contributed by atoms with van der Waals surface area (Å²) < 4.78 is 41.0. The monoisotopic (exact) mass is 641 g/mol. The van der Waals surface area contributed by atoms with Gasteiger partial charge in [-0.2, -0.15) is 4.72 Å². The number of pyridine rings is 1. The molecule has 0 aliphatic heterocycles. The number of fused-ring (bicyclic) bond motifs is 1. The van der Waals surface area contributed by atoms with Crippen LogP contribution in [0.3, 0.4) is 0 Å². The van der Waals surface area contributed by atoms with Crippen LogP contribution >= 0.6 is 11.3 Å². The molecular formula is C30H31N3O9S2. The van der Waals surface area contributed by atoms with Crippen LogP contribution in [0.4, 0.5) is 0 Å². The number of hydrogen-bond acceptors (Lipinski definition) is 9. The minimum Gasteiger partial charge on any atom is -0.493 e. The first kappa shape index (κ1) is 32.4. The molecule has 2 heterocycles. The molecule has 0 fully saturated rings. The normalized spacial score (nSPS) is 12.0. The van der Waals surface area contributed by atoms with Crippen molar-refractivity contribution < 1.29 is 37.4 Å². The topological polar surface area (TPSA) is 172 Å². The third-order valence-electron chi connectivity index (χ3n) is 6.41. The van der Waals surface area contributed by atoms with Crippen molar-refractivity contribution in [3.05, 3.63) is 92.9 Å². The highest BCUT2D eigenvalue weighted by Crippen LogP contribution is 2.30. The number of carbonyl (C=O) groups excluding carboxylic acids is 2. The molecule has 44 heavy (non-hydrogen) atoms. The molecule has 3 N–H and O–H groups in total. The molecule has 0 saturated heterocycles. The molecule has 0 spiro atoms. The highest BCUT2D eigenvalue weighted by atomic mass is 32.2. The lowest BCUT2D eigenvalue weighted by molar-refractivity contribution is -0.149. The Morgan fingerprint density at radius 1 is 1.07 bits per heavy atom. The molecule has 14 heteroatoms. The van der Waals surface area contributed by atoms with E-state index in [4.69, 9.17) is 14.6 Å². The number of rotatable bonds is 15. The van der Waals surface area contributed by atoms with Crippen LogP contribution < -0.4 is 15.0 Å². The van der Waals surface area contributed by atoms with Crippen molar-refractivity contribution in [3.63, 3.8) is 0 Å². The second kappa shape index (κ2) is 14.8. The number of carboxylic acid groups (broad SMARTS) is 1. The molecule has 2 aromatic carbocycles. The summed E-state index contributed by atoms with van der Waals surface area (Å²) in [7, 11) is -4.38. The summed E-state index contributed by atoms with van der Waals surface area (Å²) in [5, 5.41) is 11.3. The number of esters is 1. The molecule has 0 saturated carbocycles. The van der Waals surface area contributed by atoms with E-state index in [9.17, 15) is 27.6 Å². The third kappa shape index (κ3) is 8.52. The molecule has 1 atom stereocenters. The number of thiophene rings is 1. The van der Waals surface area contributed by atoms with Crippen molar-refractivity contribution in [1.82, 2.24) is 14.6 Å². The molecule has 4 aromatic rings. The number of carbonyl (C=O) groups is 3. The second-order valence-electron chi connectivity index (χ2n) is 9.59. The minimum absolute atomic E-state index is 0.00157. The van der Waals surface area contributed by atoms with E-state index in [1.807, 2.05) is 5.38 Å². The van der Waals surface area contributed by atoms with Crippen LogP contribution in [0.25, 0.3) is 10.9 Å². The van der Waals surface area contributed by atoms with Gasteiger partial charge in [0.2, 0.25) is 21.5 Å². The number of aromatic nitrogens is 1. The lowest BCUT2D eigenvalue weighted by atomic mass is 10.0. The van der Waals surface area contributed by atoms with Gasteiger partial charge >= 0.3 is 11.9 Å². The Hall–Kier alpha value is -4.53. The fourth-order valence-corrected chi connectivity index (χ4v) is 6.30. The quantitative estimate of drug-likeness (QED) is 0.130. The van der Waals surface area contributed by atoms with Crippen LogP contribution in [0.1, 0.15) is 36.2 Å². The average molecular weight is 642 g/mol. The lowest BCUT2D eigenvalue weighted by Gasteiger charge is -2.28. The maximum Gasteiger partial charge on any atom is 0.325 e. The zero-order valence-corrected chi connectivity index (χ0v) is 25.4. The number of carboxylic acids is 1. The van der Waals surface area contributed by atoms with Gasteiger partial charge < -0.3 is 24.5 Å². The number of para-hydroxylation sites is 1. The number of aliphatic carboxylic acids is 1. The molecule has 4 rings (SSSR count). The van der Waals surface area contributed by atoms with E-state index in [1.54, 1.807) is 37.3 Å². The summed E-state index contributed by atoms with van der Waals surface area (Å²) in [6, 6.07) is 15.2. The van der Waals surface area contributed by atoms with E-state index < -0.39 is 40.5 Å². The summed E-state index contributed by atoms with van der Waals surface area (Å²) in [6.07, 6.45) is 0.0407. The Balaban J connectivity index is 1.75. The van der Waals surface area contributed by atoms with Crippen LogP contribution in [0.15, 0.2) is 81.8 Å². The first-order valence-electron chi connectivity index (χ1n) is 13.6. The number of sulfonamides is 1. The molecule has 2 aromatic heterocycles. The van der Waals surface area contributed by atoms with E-state index in [0.717, 1.165) is 4.88 Å². The number of ether oxygens (including phenoxy) is 2. The molecule has 0 unspecified atom stereocenters. The highest BCUT2D eigenvalue weighted by molar-refractivity contribution is 7.89. The number of aromatic amines is 1. The van der Waals surface area contributed by atoms with Gasteiger partial charge in [0.15, 0.2) is 0 Å². The third-order valence-corrected chi connectivity index (χ3v) is 8.69. The van der Waals surface area contributed by atoms with Gasteiger partial charge in [0.25, 0.3) is 0 Å². The number of H-pyrrole nitrogens is 1. The fraction of sp³-hybridized carbons (Fsp3) is 0.267. The molecular weight excluding hydrogens is 610 g/mol. The summed E-state index contributed by atoms with van der Waals surface area (Å²) in [6.45, 7) is 1.31. The van der Waals surface area contributed by atoms with Crippen LogP contribution in [0.2, 0.25) is 0 Å². The molecule has 0 aliphatic rings. The minimum atomic E-state index is -4.38. The summed E-state index contributed by atoms with van der Waals surface area (Å²) in [4.78, 5) is 53.9. The van der Waals surface area contributed by atoms with Crippen LogP contribution in [-0.2, 0) is 35.7 Å². The van der Waals surface area contributed by atoms with Gasteiger partial charge in [-0.1, -0.05) is 24.3 Å². The first-order valence-corrected chi connectivity index (χ1v) is 16.0. The average Bonchev–Trinajstić information content (AvgIpc) is 3.51. The van der Waals surface area contributed by atoms with E-state index in [2.05, 4.69) is 9.71 Å². The number of hydrogen-bond donors (Lipinski definition) is 3. The Morgan fingerprint density at radius 3 is 2.59 bits per heavy atom. The van der Waals surface area contributed by atoms with Gasteiger partial charge in [-0.05, 0) is 60.5 Å². The Kier molecular flexibility index (Phi) is 10.9. The summed E-state index contributed by atoms with van der Waals surface area (Å²) in [5.41, 5.74) is 0.256. The maximum absolute atomic E-state index is 14.3. The van der Waals surface area contributed by atoms with Gasteiger partial charge in [0, 0.05) is 28.4 Å². The molecule has 0 bridgehead atoms. The molecule has 0 radical (unpaired) electrons. The number of benzene rings is 2. The maximum atomic E-state index is 14.3. The van der Waals surface area contributed by atoms with Crippen LogP contribution in [0.5, 0.6) is 5.75 Å². The zero-order valence-electron chi connectivity index (χ0n) is 23.7. The van der Waals surface area contributed by atoms with Gasteiger partial charge in [0.1, 0.15) is 18.3 Å². The lowest BCUT2D eigenvalue weighted by Crippen LogP contribution is -2.44. The first-order chi connectivity index (χ1) is 21.1. The molecule has 1 amide bonds. The van der Waals surface area contributed by atoms with Crippen molar-refractivity contribution in [2.75, 3.05) is 19.8 Å². The van der Waals surface area contributed by atoms with Crippen LogP contribution in [-0.4, -0.2) is 61.0 Å². The predicted octanol–water partition coefficient (Wildman–Crippen LogP) is 3.44. The summed E-state index contributed by atoms with van der Waals surface area (Å²) in [5.74, 6) is -2.23. The van der Waals surface area contributed by atoms with Gasteiger partial charge in [0.05, 0.1) is 24.7 Å². The summed E-state index contributed by atoms with van der Waals surface area (Å²) >= 11 is 1.37. The van der Waals surface area contributed by atoms with E-state index in [1.165, 1.54) is 52.6 Å². The Labute approximate surface area is 257 Å². The van der Waals surface area contributed by atoms with Crippen molar-refractivity contribution >= 4 is 50.1 Å². The van der Waals surface area contributed by atoms with Crippen molar-refractivity contribution in [2.45, 2.75) is 37.2 Å². The SMILES string of the molecule is CCOC(=O)CN(Cc1cccs1)C(=O)[C@H](NS(=O)(=O)c1ccc2[nH]c(=O)ccc2c1)c1ccccc1OCCCC(=O)O. The van der Waals surface area contributed by atoms with Crippen LogP contribution in [0, 0.1) is 0 Å². The van der Waals surface area contributed by atoms with E-state index >= 15 is 0 Å². The fourth-order valence-electron chi connectivity index (χ4n) is 4.37. The van der Waals surface area contributed by atoms with E-state index in [-0.39, 0.29) is 54.4 Å². The van der Waals surface area contributed by atoms with Crippen molar-refractivity contribution in [2.24, 2.45) is 0 Å². The molecule has 232 valence electrons. The zero-order chi connectivity index (χ0) is 31.7. The van der Waals surface area contributed by atoms with Gasteiger partial charge in [-0.25, -0.2) is 8.42 Å². The Morgan fingerprint density at radius 2 is 1.86 bits per heavy atom. The Bertz CT molecular complexity index is 1790.